The topological polar surface area (TPSA) is 135 Å². The number of rotatable bonds is 7. The van der Waals surface area contributed by atoms with Crippen molar-refractivity contribution in [2.45, 2.75) is 6.54 Å². The molecular weight excluding hydrogens is 460 g/mol. The molecule has 0 aromatic heterocycles. The zero-order chi connectivity index (χ0) is 26.0. The molecule has 0 radical (unpaired) electrons. The van der Waals surface area contributed by atoms with E-state index in [0.29, 0.717) is 30.2 Å². The molecule has 2 aromatic rings. The number of amides is 1. The summed E-state index contributed by atoms with van der Waals surface area (Å²) in [6.45, 7) is 3.79. The Bertz CT molecular complexity index is 1020. The number of hydrogen-bond donors (Lipinski definition) is 2. The maximum atomic E-state index is 12.9. The number of benzene rings is 2. The Morgan fingerprint density at radius 1 is 0.714 bits per heavy atom. The minimum absolute atomic E-state index is 0.0109. The molecule has 11 nitrogen and oxygen atoms in total. The number of hydrogen-bond acceptors (Lipinski definition) is 8. The molecule has 1 aliphatic rings. The molecule has 11 heteroatoms. The lowest BCUT2D eigenvalue weighted by molar-refractivity contribution is -0.159. The van der Waals surface area contributed by atoms with Gasteiger partial charge in [0.1, 0.15) is 0 Å². The van der Waals surface area contributed by atoms with Gasteiger partial charge >= 0.3 is 11.9 Å². The van der Waals surface area contributed by atoms with Crippen LogP contribution >= 0.6 is 0 Å². The zero-order valence-corrected chi connectivity index (χ0v) is 20.1. The van der Waals surface area contributed by atoms with Gasteiger partial charge in [0, 0.05) is 38.3 Å². The van der Waals surface area contributed by atoms with Crippen molar-refractivity contribution in [3.63, 3.8) is 0 Å². The lowest BCUT2D eigenvalue weighted by atomic mass is 10.1. The highest BCUT2D eigenvalue weighted by atomic mass is 16.5. The molecule has 2 aromatic carbocycles. The van der Waals surface area contributed by atoms with Crippen LogP contribution in [0.2, 0.25) is 0 Å². The third-order valence-electron chi connectivity index (χ3n) is 5.33. The van der Waals surface area contributed by atoms with Crippen LogP contribution in [0.3, 0.4) is 0 Å². The van der Waals surface area contributed by atoms with E-state index in [4.69, 9.17) is 38.7 Å². The van der Waals surface area contributed by atoms with Crippen LogP contribution in [0.25, 0.3) is 0 Å². The van der Waals surface area contributed by atoms with E-state index in [9.17, 15) is 4.79 Å². The van der Waals surface area contributed by atoms with Crippen molar-refractivity contribution in [2.75, 3.05) is 54.6 Å². The van der Waals surface area contributed by atoms with E-state index < -0.39 is 11.9 Å². The first kappa shape index (κ1) is 27.3. The van der Waals surface area contributed by atoms with Gasteiger partial charge < -0.3 is 34.1 Å². The average Bonchev–Trinajstić information content (AvgIpc) is 2.88. The van der Waals surface area contributed by atoms with Gasteiger partial charge in [-0.3, -0.25) is 9.69 Å². The zero-order valence-electron chi connectivity index (χ0n) is 20.1. The Morgan fingerprint density at radius 3 is 1.69 bits per heavy atom. The van der Waals surface area contributed by atoms with Crippen LogP contribution in [-0.4, -0.2) is 92.5 Å². The molecule has 1 heterocycles. The van der Waals surface area contributed by atoms with Crippen molar-refractivity contribution in [1.82, 2.24) is 9.80 Å². The van der Waals surface area contributed by atoms with Gasteiger partial charge in [-0.05, 0) is 35.9 Å². The van der Waals surface area contributed by atoms with Crippen molar-refractivity contribution in [3.05, 3.63) is 47.5 Å². The predicted molar refractivity (Wildman–Crippen MR) is 126 cm³/mol. The summed E-state index contributed by atoms with van der Waals surface area (Å²) in [5.74, 6) is -1.01. The van der Waals surface area contributed by atoms with Gasteiger partial charge in [-0.1, -0.05) is 6.07 Å². The van der Waals surface area contributed by atoms with Crippen LogP contribution in [0.4, 0.5) is 0 Å². The molecule has 35 heavy (non-hydrogen) atoms. The number of nitrogens with zero attached hydrogens (tertiary/aromatic N) is 2. The summed E-state index contributed by atoms with van der Waals surface area (Å²) in [4.78, 5) is 35.3. The summed E-state index contributed by atoms with van der Waals surface area (Å²) in [6, 6.07) is 11.2. The number of piperazine rings is 1. The van der Waals surface area contributed by atoms with Crippen LogP contribution in [-0.2, 0) is 16.1 Å². The molecule has 2 N–H and O–H groups in total. The maximum Gasteiger partial charge on any atom is 0.414 e. The highest BCUT2D eigenvalue weighted by molar-refractivity contribution is 6.27. The average molecular weight is 491 g/mol. The Balaban J connectivity index is 0.000000641. The molecule has 3 rings (SSSR count). The lowest BCUT2D eigenvalue weighted by Crippen LogP contribution is -2.48. The summed E-state index contributed by atoms with van der Waals surface area (Å²) < 4.78 is 21.2. The van der Waals surface area contributed by atoms with Gasteiger partial charge in [-0.25, -0.2) is 9.59 Å². The van der Waals surface area contributed by atoms with E-state index in [1.165, 1.54) is 0 Å². The fraction of sp³-hybridized carbons (Fsp3) is 0.375. The van der Waals surface area contributed by atoms with Crippen LogP contribution in [0.5, 0.6) is 23.0 Å². The van der Waals surface area contributed by atoms with E-state index in [1.807, 2.05) is 23.1 Å². The minimum atomic E-state index is -1.82. The number of aliphatic carboxylic acids is 2. The van der Waals surface area contributed by atoms with Gasteiger partial charge in [-0.2, -0.15) is 0 Å². The third kappa shape index (κ3) is 7.51. The summed E-state index contributed by atoms with van der Waals surface area (Å²) >= 11 is 0. The van der Waals surface area contributed by atoms with Gasteiger partial charge in [0.25, 0.3) is 5.91 Å². The molecule has 0 aliphatic carbocycles. The van der Waals surface area contributed by atoms with E-state index in [1.54, 1.807) is 46.6 Å². The predicted octanol–water partition coefficient (Wildman–Crippen LogP) is 1.83. The van der Waals surface area contributed by atoms with E-state index in [2.05, 4.69) is 4.90 Å². The van der Waals surface area contributed by atoms with Crippen LogP contribution in [0.1, 0.15) is 15.9 Å². The molecule has 0 spiro atoms. The summed E-state index contributed by atoms with van der Waals surface area (Å²) in [6.07, 6.45) is 0. The fourth-order valence-electron chi connectivity index (χ4n) is 3.50. The molecule has 1 amide bonds. The molecule has 0 atom stereocenters. The Morgan fingerprint density at radius 2 is 1.20 bits per heavy atom. The SMILES string of the molecule is COc1ccc(CN2CCN(C(=O)c3ccc(OC)c(OC)c3)CC2)cc1OC.O=C(O)C(=O)O. The largest absolute Gasteiger partial charge is 0.493 e. The fourth-order valence-corrected chi connectivity index (χ4v) is 3.50. The van der Waals surface area contributed by atoms with Crippen molar-refractivity contribution < 1.29 is 43.5 Å². The van der Waals surface area contributed by atoms with Crippen LogP contribution < -0.4 is 18.9 Å². The molecular formula is C24H30N2O9. The number of ether oxygens (including phenoxy) is 4. The second-order valence-electron chi connectivity index (χ2n) is 7.44. The molecule has 1 fully saturated rings. The second-order valence-corrected chi connectivity index (χ2v) is 7.44. The first-order valence-electron chi connectivity index (χ1n) is 10.6. The van der Waals surface area contributed by atoms with Crippen molar-refractivity contribution in [1.29, 1.82) is 0 Å². The molecule has 1 aliphatic heterocycles. The number of carboxylic acid groups (broad SMARTS) is 2. The van der Waals surface area contributed by atoms with Crippen molar-refractivity contribution >= 4 is 17.8 Å². The standard InChI is InChI=1S/C22H28N2O5.C2H2O4/c1-26-18-7-5-16(13-20(18)28-3)15-23-9-11-24(12-10-23)22(25)17-6-8-19(27-2)21(14-17)29-4;3-1(4)2(5)6/h5-8,13-14H,9-12,15H2,1-4H3;(H,3,4)(H,5,6). The molecule has 0 unspecified atom stereocenters. The number of carbonyl (C=O) groups excluding carboxylic acids is 1. The van der Waals surface area contributed by atoms with E-state index in [0.717, 1.165) is 36.7 Å². The van der Waals surface area contributed by atoms with E-state index in [-0.39, 0.29) is 5.91 Å². The molecule has 190 valence electrons. The highest BCUT2D eigenvalue weighted by Crippen LogP contribution is 2.29. The van der Waals surface area contributed by atoms with Crippen LogP contribution in [0, 0.1) is 0 Å². The number of carboxylic acids is 2. The van der Waals surface area contributed by atoms with Gasteiger partial charge in [-0.15, -0.1) is 0 Å². The second kappa shape index (κ2) is 13.0. The van der Waals surface area contributed by atoms with Crippen molar-refractivity contribution in [3.8, 4) is 23.0 Å². The van der Waals surface area contributed by atoms with Gasteiger partial charge in [0.15, 0.2) is 23.0 Å². The first-order chi connectivity index (χ1) is 16.7. The van der Waals surface area contributed by atoms with Crippen molar-refractivity contribution in [2.24, 2.45) is 0 Å². The minimum Gasteiger partial charge on any atom is -0.493 e. The Kier molecular flexibility index (Phi) is 10.2. The monoisotopic (exact) mass is 490 g/mol. The summed E-state index contributed by atoms with van der Waals surface area (Å²) in [5, 5.41) is 14.8. The first-order valence-corrected chi connectivity index (χ1v) is 10.6. The molecule has 1 saturated heterocycles. The number of methoxy groups -OCH3 is 4. The summed E-state index contributed by atoms with van der Waals surface area (Å²) in [5.41, 5.74) is 1.76. The van der Waals surface area contributed by atoms with Gasteiger partial charge in [0.2, 0.25) is 0 Å². The molecule has 0 bridgehead atoms. The Hall–Kier alpha value is -3.99. The normalized spacial score (nSPS) is 13.2. The highest BCUT2D eigenvalue weighted by Gasteiger charge is 2.23. The third-order valence-corrected chi connectivity index (χ3v) is 5.33. The summed E-state index contributed by atoms with van der Waals surface area (Å²) in [7, 11) is 6.42. The Labute approximate surface area is 203 Å². The maximum absolute atomic E-state index is 12.9. The molecule has 0 saturated carbocycles. The smallest absolute Gasteiger partial charge is 0.414 e. The van der Waals surface area contributed by atoms with E-state index >= 15 is 0 Å². The lowest BCUT2D eigenvalue weighted by Gasteiger charge is -2.35. The van der Waals surface area contributed by atoms with Gasteiger partial charge in [0.05, 0.1) is 28.4 Å². The number of carbonyl (C=O) groups is 3. The quantitative estimate of drug-likeness (QED) is 0.554. The van der Waals surface area contributed by atoms with Crippen LogP contribution in [0.15, 0.2) is 36.4 Å².